The molecule has 5 heteroatoms. The molecule has 0 bridgehead atoms. The lowest BCUT2D eigenvalue weighted by atomic mass is 9.87. The average molecular weight is 318 g/mol. The van der Waals surface area contributed by atoms with Gasteiger partial charge in [-0.15, -0.1) is 11.3 Å². The van der Waals surface area contributed by atoms with Gasteiger partial charge in [-0.2, -0.15) is 0 Å². The molecule has 0 radical (unpaired) electrons. The molecule has 2 rings (SSSR count). The van der Waals surface area contributed by atoms with Gasteiger partial charge in [-0.3, -0.25) is 4.79 Å². The molecule has 22 heavy (non-hydrogen) atoms. The molecular weight excluding hydrogens is 296 g/mol. The largest absolute Gasteiger partial charge is 0.378 e. The first kappa shape index (κ1) is 16.6. The van der Waals surface area contributed by atoms with Gasteiger partial charge in [-0.05, 0) is 30.0 Å². The molecule has 1 heterocycles. The van der Waals surface area contributed by atoms with Crippen molar-refractivity contribution >= 4 is 22.9 Å². The van der Waals surface area contributed by atoms with E-state index in [0.29, 0.717) is 11.5 Å². The number of amides is 1. The van der Waals surface area contributed by atoms with Crippen molar-refractivity contribution in [3.63, 3.8) is 0 Å². The highest BCUT2D eigenvalue weighted by atomic mass is 32.1. The van der Waals surface area contributed by atoms with E-state index in [4.69, 9.17) is 4.74 Å². The molecule has 0 fully saturated rings. The molecule has 0 saturated heterocycles. The van der Waals surface area contributed by atoms with Crippen LogP contribution in [0.2, 0.25) is 0 Å². The Bertz CT molecular complexity index is 654. The number of thiazole rings is 1. The highest BCUT2D eigenvalue weighted by Crippen LogP contribution is 2.24. The molecule has 2 aromatic rings. The number of aryl methyl sites for hydroxylation is 1. The monoisotopic (exact) mass is 318 g/mol. The topological polar surface area (TPSA) is 51.2 Å². The van der Waals surface area contributed by atoms with Crippen LogP contribution in [0.5, 0.6) is 0 Å². The molecule has 1 aromatic carbocycles. The Labute approximate surface area is 135 Å². The summed E-state index contributed by atoms with van der Waals surface area (Å²) in [7, 11) is 1.62. The van der Waals surface area contributed by atoms with Crippen molar-refractivity contribution in [1.82, 2.24) is 4.98 Å². The van der Waals surface area contributed by atoms with E-state index in [0.717, 1.165) is 16.4 Å². The quantitative estimate of drug-likeness (QED) is 0.921. The van der Waals surface area contributed by atoms with E-state index >= 15 is 0 Å². The number of carbonyl (C=O) groups excluding carboxylic acids is 1. The zero-order valence-corrected chi connectivity index (χ0v) is 14.5. The standard InChI is InChI=1S/C17H22N2O2S/c1-11-15(22-14(18-11)10-21-5)16(20)19-13-8-6-12(7-9-13)17(2,3)4/h6-9H,10H2,1-5H3,(H,19,20). The lowest BCUT2D eigenvalue weighted by molar-refractivity contribution is 0.103. The maximum Gasteiger partial charge on any atom is 0.267 e. The second-order valence-electron chi connectivity index (χ2n) is 6.24. The van der Waals surface area contributed by atoms with Crippen molar-refractivity contribution < 1.29 is 9.53 Å². The second kappa shape index (κ2) is 6.58. The van der Waals surface area contributed by atoms with Crippen LogP contribution in [0.3, 0.4) is 0 Å². The van der Waals surface area contributed by atoms with E-state index in [2.05, 4.69) is 31.1 Å². The zero-order valence-electron chi connectivity index (χ0n) is 13.7. The molecule has 0 atom stereocenters. The van der Waals surface area contributed by atoms with Gasteiger partial charge in [0.05, 0.1) is 12.3 Å². The number of anilines is 1. The van der Waals surface area contributed by atoms with Gasteiger partial charge in [0.15, 0.2) is 0 Å². The normalized spacial score (nSPS) is 11.5. The van der Waals surface area contributed by atoms with E-state index in [1.165, 1.54) is 16.9 Å². The van der Waals surface area contributed by atoms with Crippen LogP contribution >= 0.6 is 11.3 Å². The number of rotatable bonds is 4. The van der Waals surface area contributed by atoms with E-state index in [-0.39, 0.29) is 11.3 Å². The van der Waals surface area contributed by atoms with Crippen LogP contribution in [0.15, 0.2) is 24.3 Å². The van der Waals surface area contributed by atoms with E-state index in [1.807, 2.05) is 31.2 Å². The van der Waals surface area contributed by atoms with Gasteiger partial charge in [-0.1, -0.05) is 32.9 Å². The molecule has 0 aliphatic rings. The van der Waals surface area contributed by atoms with Crippen molar-refractivity contribution in [1.29, 1.82) is 0 Å². The maximum absolute atomic E-state index is 12.4. The van der Waals surface area contributed by atoms with Crippen molar-refractivity contribution in [3.8, 4) is 0 Å². The van der Waals surface area contributed by atoms with Crippen LogP contribution < -0.4 is 5.32 Å². The van der Waals surface area contributed by atoms with Crippen molar-refractivity contribution in [2.75, 3.05) is 12.4 Å². The summed E-state index contributed by atoms with van der Waals surface area (Å²) in [6, 6.07) is 7.97. The lowest BCUT2D eigenvalue weighted by Crippen LogP contribution is -2.13. The molecule has 0 spiro atoms. The Morgan fingerprint density at radius 1 is 1.27 bits per heavy atom. The highest BCUT2D eigenvalue weighted by molar-refractivity contribution is 7.13. The third kappa shape index (κ3) is 3.93. The van der Waals surface area contributed by atoms with Gasteiger partial charge in [0, 0.05) is 12.8 Å². The fourth-order valence-corrected chi connectivity index (χ4v) is 3.02. The van der Waals surface area contributed by atoms with Crippen LogP contribution in [-0.4, -0.2) is 18.0 Å². The molecule has 0 saturated carbocycles. The molecule has 4 nitrogen and oxygen atoms in total. The van der Waals surface area contributed by atoms with Gasteiger partial charge in [0.1, 0.15) is 9.88 Å². The summed E-state index contributed by atoms with van der Waals surface area (Å²) in [5.41, 5.74) is 2.87. The number of nitrogens with one attached hydrogen (secondary N) is 1. The van der Waals surface area contributed by atoms with Gasteiger partial charge < -0.3 is 10.1 Å². The van der Waals surface area contributed by atoms with Crippen molar-refractivity contribution in [2.45, 2.75) is 39.7 Å². The van der Waals surface area contributed by atoms with Crippen LogP contribution in [0.25, 0.3) is 0 Å². The number of nitrogens with zero attached hydrogens (tertiary/aromatic N) is 1. The summed E-state index contributed by atoms with van der Waals surface area (Å²) in [5, 5.41) is 3.74. The minimum atomic E-state index is -0.124. The van der Waals surface area contributed by atoms with Crippen molar-refractivity contribution in [2.24, 2.45) is 0 Å². The number of ether oxygens (including phenoxy) is 1. The summed E-state index contributed by atoms with van der Waals surface area (Å²) < 4.78 is 5.06. The molecule has 0 unspecified atom stereocenters. The third-order valence-electron chi connectivity index (χ3n) is 3.32. The van der Waals surface area contributed by atoms with Gasteiger partial charge in [0.25, 0.3) is 5.91 Å². The number of hydrogen-bond acceptors (Lipinski definition) is 4. The zero-order chi connectivity index (χ0) is 16.3. The van der Waals surface area contributed by atoms with Crippen molar-refractivity contribution in [3.05, 3.63) is 45.4 Å². The molecule has 1 amide bonds. The minimum absolute atomic E-state index is 0.103. The molecule has 0 aliphatic heterocycles. The SMILES string of the molecule is COCc1nc(C)c(C(=O)Nc2ccc(C(C)(C)C)cc2)s1. The summed E-state index contributed by atoms with van der Waals surface area (Å²) in [6.45, 7) is 8.77. The Hall–Kier alpha value is -1.72. The summed E-state index contributed by atoms with van der Waals surface area (Å²) >= 11 is 1.37. The number of carbonyl (C=O) groups is 1. The Morgan fingerprint density at radius 2 is 1.91 bits per heavy atom. The third-order valence-corrected chi connectivity index (χ3v) is 4.45. The van der Waals surface area contributed by atoms with Gasteiger partial charge >= 0.3 is 0 Å². The number of hydrogen-bond donors (Lipinski definition) is 1. The highest BCUT2D eigenvalue weighted by Gasteiger charge is 2.16. The predicted molar refractivity (Wildman–Crippen MR) is 90.7 cm³/mol. The first-order chi connectivity index (χ1) is 10.3. The smallest absolute Gasteiger partial charge is 0.267 e. The number of aromatic nitrogens is 1. The van der Waals surface area contributed by atoms with E-state index in [1.54, 1.807) is 7.11 Å². The van der Waals surface area contributed by atoms with Crippen LogP contribution in [0.4, 0.5) is 5.69 Å². The van der Waals surface area contributed by atoms with Crippen LogP contribution in [-0.2, 0) is 16.8 Å². The molecule has 0 aliphatic carbocycles. The Balaban J connectivity index is 2.12. The summed E-state index contributed by atoms with van der Waals surface area (Å²) in [6.07, 6.45) is 0. The van der Waals surface area contributed by atoms with Crippen LogP contribution in [0, 0.1) is 6.92 Å². The Kier molecular flexibility index (Phi) is 4.98. The fraction of sp³-hybridized carbons (Fsp3) is 0.412. The molecule has 1 aromatic heterocycles. The maximum atomic E-state index is 12.4. The average Bonchev–Trinajstić information content (AvgIpc) is 2.80. The van der Waals surface area contributed by atoms with Gasteiger partial charge in [-0.25, -0.2) is 4.98 Å². The first-order valence-corrected chi connectivity index (χ1v) is 8.00. The van der Waals surface area contributed by atoms with E-state index in [9.17, 15) is 4.79 Å². The Morgan fingerprint density at radius 3 is 2.45 bits per heavy atom. The molecule has 118 valence electrons. The lowest BCUT2D eigenvalue weighted by Gasteiger charge is -2.19. The number of benzene rings is 1. The van der Waals surface area contributed by atoms with Gasteiger partial charge in [0.2, 0.25) is 0 Å². The van der Waals surface area contributed by atoms with E-state index < -0.39 is 0 Å². The predicted octanol–water partition coefficient (Wildman–Crippen LogP) is 4.15. The number of methoxy groups -OCH3 is 1. The molecular formula is C17H22N2O2S. The fourth-order valence-electron chi connectivity index (χ4n) is 2.09. The minimum Gasteiger partial charge on any atom is -0.378 e. The second-order valence-corrected chi connectivity index (χ2v) is 7.32. The summed E-state index contributed by atoms with van der Waals surface area (Å²) in [5.74, 6) is -0.124. The van der Waals surface area contributed by atoms with Crippen LogP contribution in [0.1, 0.15) is 46.7 Å². The summed E-state index contributed by atoms with van der Waals surface area (Å²) in [4.78, 5) is 17.3. The first-order valence-electron chi connectivity index (χ1n) is 7.18. The molecule has 1 N–H and O–H groups in total.